The second-order valence-corrected chi connectivity index (χ2v) is 6.41. The van der Waals surface area contributed by atoms with Crippen molar-refractivity contribution in [1.82, 2.24) is 9.55 Å². The third-order valence-corrected chi connectivity index (χ3v) is 4.60. The van der Waals surface area contributed by atoms with Gasteiger partial charge in [0.05, 0.1) is 37.0 Å². The predicted octanol–water partition coefficient (Wildman–Crippen LogP) is 3.85. The SMILES string of the molecule is COc1ccc(OC)c(C=NNc2nc3ccccc3c(=O)n2-c2ccccc2)c1. The van der Waals surface area contributed by atoms with Gasteiger partial charge in [0, 0.05) is 5.56 Å². The van der Waals surface area contributed by atoms with E-state index in [1.807, 2.05) is 54.6 Å². The highest BCUT2D eigenvalue weighted by Gasteiger charge is 2.12. The molecule has 0 aliphatic heterocycles. The summed E-state index contributed by atoms with van der Waals surface area (Å²) >= 11 is 0. The summed E-state index contributed by atoms with van der Waals surface area (Å²) in [5, 5.41) is 4.83. The molecular formula is C23H20N4O3. The lowest BCUT2D eigenvalue weighted by Crippen LogP contribution is -2.22. The molecule has 1 N–H and O–H groups in total. The predicted molar refractivity (Wildman–Crippen MR) is 118 cm³/mol. The molecule has 1 heterocycles. The molecule has 30 heavy (non-hydrogen) atoms. The Bertz CT molecular complexity index is 1270. The van der Waals surface area contributed by atoms with E-state index in [1.165, 1.54) is 4.57 Å². The maximum absolute atomic E-state index is 13.2. The molecular weight excluding hydrogens is 380 g/mol. The van der Waals surface area contributed by atoms with Gasteiger partial charge in [-0.3, -0.25) is 4.79 Å². The topological polar surface area (TPSA) is 77.7 Å². The summed E-state index contributed by atoms with van der Waals surface area (Å²) in [4.78, 5) is 17.8. The molecule has 0 saturated heterocycles. The lowest BCUT2D eigenvalue weighted by atomic mass is 10.2. The second-order valence-electron chi connectivity index (χ2n) is 6.41. The standard InChI is InChI=1S/C23H20N4O3/c1-29-18-12-13-21(30-2)16(14-18)15-24-26-23-25-20-11-7-6-10-19(20)22(28)27(23)17-8-4-3-5-9-17/h3-15H,1-2H3,(H,25,26). The van der Waals surface area contributed by atoms with Gasteiger partial charge in [0.1, 0.15) is 11.5 Å². The van der Waals surface area contributed by atoms with Gasteiger partial charge < -0.3 is 9.47 Å². The van der Waals surface area contributed by atoms with E-state index in [1.54, 1.807) is 38.6 Å². The number of anilines is 1. The van der Waals surface area contributed by atoms with Crippen LogP contribution in [-0.4, -0.2) is 30.0 Å². The number of fused-ring (bicyclic) bond motifs is 1. The Morgan fingerprint density at radius 3 is 2.50 bits per heavy atom. The zero-order valence-corrected chi connectivity index (χ0v) is 16.6. The van der Waals surface area contributed by atoms with Gasteiger partial charge in [0.15, 0.2) is 0 Å². The number of rotatable bonds is 6. The molecule has 0 amide bonds. The molecule has 0 radical (unpaired) electrons. The van der Waals surface area contributed by atoms with Gasteiger partial charge in [-0.05, 0) is 42.5 Å². The Morgan fingerprint density at radius 1 is 0.967 bits per heavy atom. The van der Waals surface area contributed by atoms with E-state index >= 15 is 0 Å². The van der Waals surface area contributed by atoms with Crippen LogP contribution in [0.3, 0.4) is 0 Å². The van der Waals surface area contributed by atoms with Crippen LogP contribution in [-0.2, 0) is 0 Å². The first-order valence-corrected chi connectivity index (χ1v) is 9.29. The van der Waals surface area contributed by atoms with Crippen molar-refractivity contribution in [2.75, 3.05) is 19.6 Å². The molecule has 7 nitrogen and oxygen atoms in total. The number of hydrogen-bond donors (Lipinski definition) is 1. The zero-order valence-electron chi connectivity index (χ0n) is 16.6. The monoisotopic (exact) mass is 400 g/mol. The summed E-state index contributed by atoms with van der Waals surface area (Å²) in [6, 6.07) is 22.0. The Balaban J connectivity index is 1.78. The van der Waals surface area contributed by atoms with Gasteiger partial charge in [-0.1, -0.05) is 30.3 Å². The van der Waals surface area contributed by atoms with Crippen LogP contribution in [0.4, 0.5) is 5.95 Å². The minimum Gasteiger partial charge on any atom is -0.497 e. The number of ether oxygens (including phenoxy) is 2. The largest absolute Gasteiger partial charge is 0.497 e. The van der Waals surface area contributed by atoms with Crippen LogP contribution >= 0.6 is 0 Å². The van der Waals surface area contributed by atoms with Crippen LogP contribution in [0.15, 0.2) is 82.7 Å². The number of hydrogen-bond acceptors (Lipinski definition) is 6. The van der Waals surface area contributed by atoms with Crippen LogP contribution in [0, 0.1) is 0 Å². The zero-order chi connectivity index (χ0) is 20.9. The molecule has 0 spiro atoms. The minimum absolute atomic E-state index is 0.177. The number of aromatic nitrogens is 2. The molecule has 3 aromatic carbocycles. The van der Waals surface area contributed by atoms with Gasteiger partial charge in [-0.2, -0.15) is 5.10 Å². The van der Waals surface area contributed by atoms with E-state index in [9.17, 15) is 4.79 Å². The average Bonchev–Trinajstić information content (AvgIpc) is 2.79. The molecule has 0 aliphatic carbocycles. The Labute approximate surface area is 173 Å². The third kappa shape index (κ3) is 3.73. The van der Waals surface area contributed by atoms with Crippen molar-refractivity contribution in [1.29, 1.82) is 0 Å². The number of hydrazone groups is 1. The summed E-state index contributed by atoms with van der Waals surface area (Å²) in [6.45, 7) is 0. The summed E-state index contributed by atoms with van der Waals surface area (Å²) in [5.74, 6) is 1.64. The first-order chi connectivity index (χ1) is 14.7. The molecule has 0 atom stereocenters. The van der Waals surface area contributed by atoms with E-state index in [4.69, 9.17) is 9.47 Å². The van der Waals surface area contributed by atoms with Crippen LogP contribution < -0.4 is 20.5 Å². The number of nitrogens with zero attached hydrogens (tertiary/aromatic N) is 3. The smallest absolute Gasteiger partial charge is 0.267 e. The maximum atomic E-state index is 13.2. The van der Waals surface area contributed by atoms with Crippen molar-refractivity contribution in [2.45, 2.75) is 0 Å². The minimum atomic E-state index is -0.177. The molecule has 0 fully saturated rings. The van der Waals surface area contributed by atoms with Gasteiger partial charge >= 0.3 is 0 Å². The summed E-state index contributed by atoms with van der Waals surface area (Å²) in [7, 11) is 3.18. The molecule has 0 bridgehead atoms. The van der Waals surface area contributed by atoms with Crippen LogP contribution in [0.1, 0.15) is 5.56 Å². The average molecular weight is 400 g/mol. The quantitative estimate of drug-likeness (QED) is 0.393. The summed E-state index contributed by atoms with van der Waals surface area (Å²) in [6.07, 6.45) is 1.60. The summed E-state index contributed by atoms with van der Waals surface area (Å²) < 4.78 is 12.1. The van der Waals surface area contributed by atoms with E-state index in [-0.39, 0.29) is 5.56 Å². The van der Waals surface area contributed by atoms with Crippen LogP contribution in [0.5, 0.6) is 11.5 Å². The highest BCUT2D eigenvalue weighted by atomic mass is 16.5. The van der Waals surface area contributed by atoms with Crippen molar-refractivity contribution in [3.63, 3.8) is 0 Å². The molecule has 4 aromatic rings. The first kappa shape index (κ1) is 19.2. The fourth-order valence-electron chi connectivity index (χ4n) is 3.12. The fraction of sp³-hybridized carbons (Fsp3) is 0.0870. The highest BCUT2D eigenvalue weighted by molar-refractivity contribution is 5.85. The summed E-state index contributed by atoms with van der Waals surface area (Å²) in [5.41, 5.74) is 4.73. The normalized spacial score (nSPS) is 11.0. The maximum Gasteiger partial charge on any atom is 0.267 e. The molecule has 0 aliphatic rings. The fourth-order valence-corrected chi connectivity index (χ4v) is 3.12. The molecule has 0 unspecified atom stereocenters. The van der Waals surface area contributed by atoms with Gasteiger partial charge in [-0.15, -0.1) is 0 Å². The lowest BCUT2D eigenvalue weighted by molar-refractivity contribution is 0.402. The van der Waals surface area contributed by atoms with Gasteiger partial charge in [-0.25, -0.2) is 15.0 Å². The Morgan fingerprint density at radius 2 is 1.73 bits per heavy atom. The van der Waals surface area contributed by atoms with Gasteiger partial charge in [0.25, 0.3) is 5.56 Å². The van der Waals surface area contributed by atoms with E-state index < -0.39 is 0 Å². The number of methoxy groups -OCH3 is 2. The molecule has 4 rings (SSSR count). The van der Waals surface area contributed by atoms with Crippen molar-refractivity contribution in [3.05, 3.63) is 88.7 Å². The second kappa shape index (κ2) is 8.48. The third-order valence-electron chi connectivity index (χ3n) is 4.60. The molecule has 150 valence electrons. The Kier molecular flexibility index (Phi) is 5.43. The van der Waals surface area contributed by atoms with Gasteiger partial charge in [0.2, 0.25) is 5.95 Å². The first-order valence-electron chi connectivity index (χ1n) is 9.29. The van der Waals surface area contributed by atoms with E-state index in [0.29, 0.717) is 34.0 Å². The number of nitrogens with one attached hydrogen (secondary N) is 1. The van der Waals surface area contributed by atoms with Crippen molar-refractivity contribution < 1.29 is 9.47 Å². The van der Waals surface area contributed by atoms with Crippen LogP contribution in [0.25, 0.3) is 16.6 Å². The number of benzene rings is 3. The van der Waals surface area contributed by atoms with Crippen molar-refractivity contribution in [3.8, 4) is 17.2 Å². The van der Waals surface area contributed by atoms with Crippen molar-refractivity contribution >= 4 is 23.1 Å². The highest BCUT2D eigenvalue weighted by Crippen LogP contribution is 2.22. The van der Waals surface area contributed by atoms with E-state index in [2.05, 4.69) is 15.5 Å². The lowest BCUT2D eigenvalue weighted by Gasteiger charge is -2.13. The van der Waals surface area contributed by atoms with E-state index in [0.717, 1.165) is 5.56 Å². The van der Waals surface area contributed by atoms with Crippen molar-refractivity contribution in [2.24, 2.45) is 5.10 Å². The molecule has 1 aromatic heterocycles. The van der Waals surface area contributed by atoms with Crippen LogP contribution in [0.2, 0.25) is 0 Å². The molecule has 0 saturated carbocycles. The Hall–Kier alpha value is -4.13. The number of para-hydroxylation sites is 2. The molecule has 7 heteroatoms.